The van der Waals surface area contributed by atoms with Crippen LogP contribution in [0, 0.1) is 0 Å². The van der Waals surface area contributed by atoms with Gasteiger partial charge in [-0.3, -0.25) is 14.6 Å². The van der Waals surface area contributed by atoms with E-state index in [1.54, 1.807) is 6.07 Å². The van der Waals surface area contributed by atoms with Crippen molar-refractivity contribution >= 4 is 0 Å². The highest BCUT2D eigenvalue weighted by Crippen LogP contribution is 2.24. The third-order valence-corrected chi connectivity index (χ3v) is 1.93. The number of H-pyrrole nitrogens is 1. The monoisotopic (exact) mass is 244 g/mol. The molecule has 0 fully saturated rings. The fourth-order valence-corrected chi connectivity index (χ4v) is 1.32. The minimum atomic E-state index is -4.73. The van der Waals surface area contributed by atoms with Crippen LogP contribution in [0.5, 0.6) is 5.75 Å². The molecule has 7 heteroatoms. The quantitative estimate of drug-likeness (QED) is 0.878. The van der Waals surface area contributed by atoms with Gasteiger partial charge >= 0.3 is 6.36 Å². The van der Waals surface area contributed by atoms with Crippen LogP contribution in [-0.4, -0.2) is 16.1 Å². The summed E-state index contributed by atoms with van der Waals surface area (Å²) >= 11 is 0. The van der Waals surface area contributed by atoms with Crippen molar-refractivity contribution < 1.29 is 17.9 Å². The molecule has 0 bridgehead atoms. The van der Waals surface area contributed by atoms with Crippen molar-refractivity contribution in [1.82, 2.24) is 9.78 Å². The number of nitrogens with zero attached hydrogens (tertiary/aromatic N) is 1. The Hall–Kier alpha value is -2.18. The first-order valence-corrected chi connectivity index (χ1v) is 4.58. The zero-order valence-electron chi connectivity index (χ0n) is 8.36. The van der Waals surface area contributed by atoms with E-state index >= 15 is 0 Å². The molecule has 1 aromatic heterocycles. The number of ether oxygens (including phenoxy) is 1. The van der Waals surface area contributed by atoms with E-state index in [1.165, 1.54) is 35.1 Å². The van der Waals surface area contributed by atoms with Gasteiger partial charge in [-0.05, 0) is 12.1 Å². The highest BCUT2D eigenvalue weighted by molar-refractivity contribution is 5.38. The second kappa shape index (κ2) is 4.00. The Balaban J connectivity index is 2.32. The van der Waals surface area contributed by atoms with Crippen molar-refractivity contribution in [3.05, 3.63) is 46.9 Å². The summed E-state index contributed by atoms with van der Waals surface area (Å²) < 4.78 is 41.0. The lowest BCUT2D eigenvalue weighted by Crippen LogP contribution is -2.17. The molecular formula is C10H7F3N2O2. The molecule has 0 saturated carbocycles. The molecule has 1 N–H and O–H groups in total. The number of hydrogen-bond acceptors (Lipinski definition) is 2. The average molecular weight is 244 g/mol. The fraction of sp³-hybridized carbons (Fsp3) is 0.100. The summed E-state index contributed by atoms with van der Waals surface area (Å²) in [6.45, 7) is 0. The van der Waals surface area contributed by atoms with Gasteiger partial charge in [0.2, 0.25) is 0 Å². The van der Waals surface area contributed by atoms with Gasteiger partial charge in [0.25, 0.3) is 5.56 Å². The second-order valence-electron chi connectivity index (χ2n) is 3.21. The number of halogens is 3. The average Bonchev–Trinajstić information content (AvgIpc) is 2.63. The third kappa shape index (κ3) is 2.90. The predicted octanol–water partition coefficient (Wildman–Crippen LogP) is 2.06. The molecule has 0 aliphatic carbocycles. The lowest BCUT2D eigenvalue weighted by molar-refractivity contribution is -0.274. The van der Waals surface area contributed by atoms with E-state index < -0.39 is 6.36 Å². The molecule has 1 heterocycles. The van der Waals surface area contributed by atoms with E-state index in [0.717, 1.165) is 0 Å². The van der Waals surface area contributed by atoms with Crippen molar-refractivity contribution in [2.45, 2.75) is 6.36 Å². The lowest BCUT2D eigenvalue weighted by Gasteiger charge is -2.10. The third-order valence-electron chi connectivity index (χ3n) is 1.93. The Morgan fingerprint density at radius 1 is 1.24 bits per heavy atom. The van der Waals surface area contributed by atoms with Crippen molar-refractivity contribution in [2.24, 2.45) is 0 Å². The summed E-state index contributed by atoms with van der Waals surface area (Å²) in [6, 6.07) is 6.55. The van der Waals surface area contributed by atoms with Gasteiger partial charge < -0.3 is 4.74 Å². The van der Waals surface area contributed by atoms with Crippen LogP contribution in [0.1, 0.15) is 0 Å². The first-order chi connectivity index (χ1) is 7.94. The molecule has 0 radical (unpaired) electrons. The smallest absolute Gasteiger partial charge is 0.406 e. The minimum absolute atomic E-state index is 0.341. The summed E-state index contributed by atoms with van der Waals surface area (Å²) in [7, 11) is 0. The number of alkyl halides is 3. The summed E-state index contributed by atoms with van der Waals surface area (Å²) in [4.78, 5) is 10.9. The molecule has 0 aliphatic rings. The van der Waals surface area contributed by atoms with E-state index in [4.69, 9.17) is 0 Å². The zero-order valence-corrected chi connectivity index (χ0v) is 8.36. The van der Waals surface area contributed by atoms with Crippen molar-refractivity contribution in [3.8, 4) is 11.4 Å². The molecule has 0 aliphatic heterocycles. The standard InChI is InChI=1S/C10H7F3N2O2/c11-10(12,13)17-8-3-1-2-7(6-8)15-5-4-9(16)14-15/h1-6H,(H,14,16). The second-order valence-corrected chi connectivity index (χ2v) is 3.21. The molecule has 2 rings (SSSR count). The molecule has 4 nitrogen and oxygen atoms in total. The minimum Gasteiger partial charge on any atom is -0.406 e. The van der Waals surface area contributed by atoms with Gasteiger partial charge in [0, 0.05) is 18.3 Å². The Labute approximate surface area is 93.2 Å². The van der Waals surface area contributed by atoms with Gasteiger partial charge in [-0.25, -0.2) is 0 Å². The van der Waals surface area contributed by atoms with E-state index in [-0.39, 0.29) is 11.3 Å². The van der Waals surface area contributed by atoms with Gasteiger partial charge in [-0.2, -0.15) is 0 Å². The van der Waals surface area contributed by atoms with Crippen molar-refractivity contribution in [3.63, 3.8) is 0 Å². The van der Waals surface area contributed by atoms with Crippen LogP contribution in [0.25, 0.3) is 5.69 Å². The molecule has 0 spiro atoms. The van der Waals surface area contributed by atoms with Gasteiger partial charge in [-0.15, -0.1) is 13.2 Å². The van der Waals surface area contributed by atoms with Crippen LogP contribution in [-0.2, 0) is 0 Å². The van der Waals surface area contributed by atoms with E-state index in [0.29, 0.717) is 5.69 Å². The maximum absolute atomic E-state index is 12.0. The van der Waals surface area contributed by atoms with E-state index in [9.17, 15) is 18.0 Å². The Bertz CT molecular complexity index is 571. The SMILES string of the molecule is O=c1ccn(-c2cccc(OC(F)(F)F)c2)[nH]1. The van der Waals surface area contributed by atoms with Crippen LogP contribution in [0.3, 0.4) is 0 Å². The number of nitrogens with one attached hydrogen (secondary N) is 1. The molecule has 0 atom stereocenters. The van der Waals surface area contributed by atoms with Gasteiger partial charge in [0.05, 0.1) is 5.69 Å². The topological polar surface area (TPSA) is 47.0 Å². The maximum Gasteiger partial charge on any atom is 0.573 e. The maximum atomic E-state index is 12.0. The molecule has 0 unspecified atom stereocenters. The molecule has 1 aromatic carbocycles. The Morgan fingerprint density at radius 2 is 2.00 bits per heavy atom. The molecule has 2 aromatic rings. The largest absolute Gasteiger partial charge is 0.573 e. The molecule has 0 saturated heterocycles. The molecule has 0 amide bonds. The number of rotatable bonds is 2. The number of benzene rings is 1. The number of aromatic nitrogens is 2. The summed E-state index contributed by atoms with van der Waals surface area (Å²) in [5.41, 5.74) is 0.0287. The molecular weight excluding hydrogens is 237 g/mol. The highest BCUT2D eigenvalue weighted by atomic mass is 19.4. The van der Waals surface area contributed by atoms with Crippen LogP contribution in [0.2, 0.25) is 0 Å². The van der Waals surface area contributed by atoms with Crippen LogP contribution in [0.15, 0.2) is 41.3 Å². The normalized spacial score (nSPS) is 11.5. The van der Waals surface area contributed by atoms with Gasteiger partial charge in [0.15, 0.2) is 0 Å². The van der Waals surface area contributed by atoms with Crippen LogP contribution >= 0.6 is 0 Å². The van der Waals surface area contributed by atoms with Crippen LogP contribution in [0.4, 0.5) is 13.2 Å². The summed E-state index contributed by atoms with van der Waals surface area (Å²) in [5.74, 6) is -0.343. The first kappa shape index (κ1) is 11.3. The number of hydrogen-bond donors (Lipinski definition) is 1. The van der Waals surface area contributed by atoms with E-state index in [1.807, 2.05) is 0 Å². The number of aromatic amines is 1. The van der Waals surface area contributed by atoms with Crippen molar-refractivity contribution in [1.29, 1.82) is 0 Å². The first-order valence-electron chi connectivity index (χ1n) is 4.58. The Kier molecular flexibility index (Phi) is 2.66. The summed E-state index contributed by atoms with van der Waals surface area (Å²) in [6.07, 6.45) is -3.32. The predicted molar refractivity (Wildman–Crippen MR) is 53.1 cm³/mol. The molecule has 17 heavy (non-hydrogen) atoms. The van der Waals surface area contributed by atoms with Gasteiger partial charge in [0.1, 0.15) is 5.75 Å². The lowest BCUT2D eigenvalue weighted by atomic mass is 10.3. The Morgan fingerprint density at radius 3 is 2.59 bits per heavy atom. The summed E-state index contributed by atoms with van der Waals surface area (Å²) in [5, 5.41) is 2.41. The van der Waals surface area contributed by atoms with Crippen molar-refractivity contribution in [2.75, 3.05) is 0 Å². The van der Waals surface area contributed by atoms with Crippen LogP contribution < -0.4 is 10.3 Å². The van der Waals surface area contributed by atoms with E-state index in [2.05, 4.69) is 9.84 Å². The molecule has 90 valence electrons. The fourth-order valence-electron chi connectivity index (χ4n) is 1.32. The highest BCUT2D eigenvalue weighted by Gasteiger charge is 2.31. The zero-order chi connectivity index (χ0) is 12.5. The van der Waals surface area contributed by atoms with Gasteiger partial charge in [-0.1, -0.05) is 6.07 Å².